The molecule has 0 atom stereocenters. The van der Waals surface area contributed by atoms with Gasteiger partial charge >= 0.3 is 0 Å². The minimum absolute atomic E-state index is 0.447. The summed E-state index contributed by atoms with van der Waals surface area (Å²) in [7, 11) is 0. The third-order valence-electron chi connectivity index (χ3n) is 2.49. The van der Waals surface area contributed by atoms with Crippen molar-refractivity contribution in [3.63, 3.8) is 0 Å². The van der Waals surface area contributed by atoms with Gasteiger partial charge in [-0.05, 0) is 19.3 Å². The zero-order chi connectivity index (χ0) is 11.4. The number of thioether (sulfide) groups is 1. The molecule has 1 aliphatic rings. The first-order valence-electron chi connectivity index (χ1n) is 5.50. The molecule has 1 aromatic heterocycles. The van der Waals surface area contributed by atoms with Crippen LogP contribution < -0.4 is 5.73 Å². The molecule has 0 radical (unpaired) electrons. The van der Waals surface area contributed by atoms with E-state index in [1.165, 1.54) is 12.8 Å². The molecule has 1 fully saturated rings. The van der Waals surface area contributed by atoms with Crippen LogP contribution in [0.3, 0.4) is 0 Å². The summed E-state index contributed by atoms with van der Waals surface area (Å²) in [4.78, 5) is 0. The molecule has 6 heteroatoms. The Balaban J connectivity index is 1.97. The topological polar surface area (TPSA) is 80.5 Å². The van der Waals surface area contributed by atoms with Gasteiger partial charge in [-0.2, -0.15) is 5.26 Å². The fourth-order valence-electron chi connectivity index (χ4n) is 1.56. The Morgan fingerprint density at radius 1 is 1.50 bits per heavy atom. The van der Waals surface area contributed by atoms with Crippen LogP contribution in [0.1, 0.15) is 37.5 Å². The summed E-state index contributed by atoms with van der Waals surface area (Å²) in [6.45, 7) is 0.447. The minimum atomic E-state index is 0.447. The van der Waals surface area contributed by atoms with Gasteiger partial charge in [-0.15, -0.1) is 10.2 Å². The predicted octanol–water partition coefficient (Wildman–Crippen LogP) is 1.47. The number of nitrogens with two attached hydrogens (primary N) is 1. The third-order valence-corrected chi connectivity index (χ3v) is 3.52. The molecule has 1 aromatic rings. The van der Waals surface area contributed by atoms with E-state index in [1.807, 2.05) is 0 Å². The second-order valence-corrected chi connectivity index (χ2v) is 4.88. The highest BCUT2D eigenvalue weighted by Crippen LogP contribution is 2.38. The maximum Gasteiger partial charge on any atom is 0.191 e. The lowest BCUT2D eigenvalue weighted by atomic mass is 10.4. The number of unbranched alkanes of at least 4 members (excludes halogenated alkanes) is 1. The van der Waals surface area contributed by atoms with Gasteiger partial charge in [0.05, 0.1) is 12.6 Å². The molecule has 0 amide bonds. The summed E-state index contributed by atoms with van der Waals surface area (Å²) >= 11 is 1.67. The Kier molecular flexibility index (Phi) is 3.80. The van der Waals surface area contributed by atoms with E-state index in [4.69, 9.17) is 11.0 Å². The zero-order valence-corrected chi connectivity index (χ0v) is 9.91. The summed E-state index contributed by atoms with van der Waals surface area (Å²) in [6.07, 6.45) is 3.92. The van der Waals surface area contributed by atoms with Gasteiger partial charge in [0.1, 0.15) is 5.82 Å². The van der Waals surface area contributed by atoms with Crippen molar-refractivity contribution < 1.29 is 0 Å². The van der Waals surface area contributed by atoms with Crippen LogP contribution in [-0.2, 0) is 6.54 Å². The summed E-state index contributed by atoms with van der Waals surface area (Å²) in [5, 5.41) is 17.7. The van der Waals surface area contributed by atoms with Crippen LogP contribution in [0.5, 0.6) is 0 Å². The second kappa shape index (κ2) is 5.32. The Labute approximate surface area is 99.0 Å². The number of hydrogen-bond donors (Lipinski definition) is 1. The molecule has 16 heavy (non-hydrogen) atoms. The quantitative estimate of drug-likeness (QED) is 0.598. The molecule has 86 valence electrons. The normalized spacial score (nSPS) is 15.0. The van der Waals surface area contributed by atoms with Gasteiger partial charge in [0.25, 0.3) is 0 Å². The van der Waals surface area contributed by atoms with Crippen molar-refractivity contribution in [2.75, 3.05) is 5.75 Å². The number of nitriles is 1. The molecule has 0 bridgehead atoms. The third kappa shape index (κ3) is 2.54. The molecule has 0 spiro atoms. The van der Waals surface area contributed by atoms with Crippen molar-refractivity contribution in [3.8, 4) is 6.07 Å². The van der Waals surface area contributed by atoms with Crippen molar-refractivity contribution in [1.29, 1.82) is 5.26 Å². The number of aromatic nitrogens is 3. The lowest BCUT2D eigenvalue weighted by Crippen LogP contribution is -2.08. The van der Waals surface area contributed by atoms with E-state index in [0.29, 0.717) is 19.0 Å². The lowest BCUT2D eigenvalue weighted by Gasteiger charge is -2.06. The fourth-order valence-corrected chi connectivity index (χ4v) is 2.52. The van der Waals surface area contributed by atoms with Crippen molar-refractivity contribution in [2.45, 2.75) is 43.4 Å². The Morgan fingerprint density at radius 3 is 2.94 bits per heavy atom. The molecule has 0 unspecified atom stereocenters. The van der Waals surface area contributed by atoms with E-state index >= 15 is 0 Å². The molecule has 1 aliphatic carbocycles. The van der Waals surface area contributed by atoms with Crippen LogP contribution in [-0.4, -0.2) is 20.5 Å². The minimum Gasteiger partial charge on any atom is -0.324 e. The highest BCUT2D eigenvalue weighted by Gasteiger charge is 2.28. The molecular formula is C10H15N5S. The summed E-state index contributed by atoms with van der Waals surface area (Å²) in [6, 6.07) is 2.71. The highest BCUT2D eigenvalue weighted by molar-refractivity contribution is 7.99. The van der Waals surface area contributed by atoms with Crippen LogP contribution in [0.15, 0.2) is 5.16 Å². The van der Waals surface area contributed by atoms with Crippen LogP contribution in [0.4, 0.5) is 0 Å². The van der Waals surface area contributed by atoms with E-state index in [2.05, 4.69) is 20.8 Å². The molecule has 2 N–H and O–H groups in total. The van der Waals surface area contributed by atoms with E-state index in [1.54, 1.807) is 11.8 Å². The number of rotatable bonds is 6. The van der Waals surface area contributed by atoms with Crippen LogP contribution in [0.25, 0.3) is 0 Å². The molecule has 0 aromatic carbocycles. The molecule has 1 heterocycles. The predicted molar refractivity (Wildman–Crippen MR) is 61.8 cm³/mol. The average Bonchev–Trinajstić information content (AvgIpc) is 3.06. The summed E-state index contributed by atoms with van der Waals surface area (Å²) in [5.41, 5.74) is 5.63. The average molecular weight is 237 g/mol. The van der Waals surface area contributed by atoms with Gasteiger partial charge in [-0.1, -0.05) is 11.8 Å². The summed E-state index contributed by atoms with van der Waals surface area (Å²) in [5.74, 6) is 1.80. The first-order chi connectivity index (χ1) is 7.86. The molecule has 0 aliphatic heterocycles. The van der Waals surface area contributed by atoms with Crippen molar-refractivity contribution >= 4 is 11.8 Å². The molecule has 0 saturated heterocycles. The largest absolute Gasteiger partial charge is 0.324 e. The highest BCUT2D eigenvalue weighted by atomic mass is 32.2. The SMILES string of the molecule is N#CCCCSc1nnc(CN)n1C1CC1. The zero-order valence-electron chi connectivity index (χ0n) is 9.09. The van der Waals surface area contributed by atoms with Gasteiger partial charge in [0, 0.05) is 18.2 Å². The summed E-state index contributed by atoms with van der Waals surface area (Å²) < 4.78 is 2.16. The van der Waals surface area contributed by atoms with E-state index < -0.39 is 0 Å². The molecule has 2 rings (SSSR count). The van der Waals surface area contributed by atoms with Gasteiger partial charge in [0.15, 0.2) is 5.16 Å². The lowest BCUT2D eigenvalue weighted by molar-refractivity contribution is 0.626. The first kappa shape index (κ1) is 11.4. The smallest absolute Gasteiger partial charge is 0.191 e. The first-order valence-corrected chi connectivity index (χ1v) is 6.49. The van der Waals surface area contributed by atoms with Crippen LogP contribution in [0.2, 0.25) is 0 Å². The van der Waals surface area contributed by atoms with E-state index in [-0.39, 0.29) is 0 Å². The fraction of sp³-hybridized carbons (Fsp3) is 0.700. The molecule has 1 saturated carbocycles. The maximum absolute atomic E-state index is 8.45. The van der Waals surface area contributed by atoms with Crippen molar-refractivity contribution in [2.24, 2.45) is 5.73 Å². The standard InChI is InChI=1S/C10H15N5S/c11-5-1-2-6-16-10-14-13-9(7-12)15(10)8-3-4-8/h8H,1-4,6-7,12H2. The van der Waals surface area contributed by atoms with Gasteiger partial charge in [0.2, 0.25) is 0 Å². The monoisotopic (exact) mass is 237 g/mol. The second-order valence-electron chi connectivity index (χ2n) is 3.81. The Hall–Kier alpha value is -1.06. The van der Waals surface area contributed by atoms with Gasteiger partial charge in [-0.25, -0.2) is 0 Å². The van der Waals surface area contributed by atoms with E-state index in [0.717, 1.165) is 23.2 Å². The van der Waals surface area contributed by atoms with Crippen molar-refractivity contribution in [1.82, 2.24) is 14.8 Å². The van der Waals surface area contributed by atoms with Crippen LogP contribution in [0, 0.1) is 11.3 Å². The number of hydrogen-bond acceptors (Lipinski definition) is 5. The van der Waals surface area contributed by atoms with E-state index in [9.17, 15) is 0 Å². The molecule has 5 nitrogen and oxygen atoms in total. The molecular weight excluding hydrogens is 222 g/mol. The van der Waals surface area contributed by atoms with Crippen LogP contribution >= 0.6 is 11.8 Å². The Morgan fingerprint density at radius 2 is 2.31 bits per heavy atom. The Bertz CT molecular complexity index is 390. The maximum atomic E-state index is 8.45. The van der Waals surface area contributed by atoms with Crippen molar-refractivity contribution in [3.05, 3.63) is 5.82 Å². The number of nitrogens with zero attached hydrogens (tertiary/aromatic N) is 4. The van der Waals surface area contributed by atoms with Gasteiger partial charge in [-0.3, -0.25) is 0 Å². The van der Waals surface area contributed by atoms with Gasteiger partial charge < -0.3 is 10.3 Å².